The second-order valence-electron chi connectivity index (χ2n) is 6.88. The Hall–Kier alpha value is -2.02. The molecular formula is C17H25N7. The molecule has 2 aliphatic heterocycles. The summed E-state index contributed by atoms with van der Waals surface area (Å²) in [6.07, 6.45) is 6.64. The average Bonchev–Trinajstić information content (AvgIpc) is 3.27. The van der Waals surface area contributed by atoms with Gasteiger partial charge in [-0.15, -0.1) is 15.3 Å². The Bertz CT molecular complexity index is 663. The fraction of sp³-hybridized carbons (Fsp3) is 0.647. The molecule has 7 nitrogen and oxygen atoms in total. The van der Waals surface area contributed by atoms with Crippen LogP contribution in [0.2, 0.25) is 0 Å². The van der Waals surface area contributed by atoms with Crippen LogP contribution in [0.1, 0.15) is 43.3 Å². The molecule has 0 bridgehead atoms. The molecule has 0 radical (unpaired) electrons. The molecule has 0 aromatic carbocycles. The van der Waals surface area contributed by atoms with Crippen LogP contribution >= 0.6 is 0 Å². The van der Waals surface area contributed by atoms with Gasteiger partial charge in [-0.05, 0) is 50.9 Å². The predicted molar refractivity (Wildman–Crippen MR) is 91.7 cm³/mol. The van der Waals surface area contributed by atoms with E-state index < -0.39 is 0 Å². The largest absolute Gasteiger partial charge is 0.354 e. The van der Waals surface area contributed by atoms with Gasteiger partial charge in [-0.2, -0.15) is 5.10 Å². The first-order valence-corrected chi connectivity index (χ1v) is 8.94. The minimum Gasteiger partial charge on any atom is -0.354 e. The lowest BCUT2D eigenvalue weighted by Gasteiger charge is -2.32. The second kappa shape index (κ2) is 6.84. The summed E-state index contributed by atoms with van der Waals surface area (Å²) in [5, 5.41) is 17.3. The summed E-state index contributed by atoms with van der Waals surface area (Å²) in [6.45, 7) is 5.27. The molecule has 0 saturated carbocycles. The fourth-order valence-corrected chi connectivity index (χ4v) is 3.87. The van der Waals surface area contributed by atoms with Crippen LogP contribution in [-0.4, -0.2) is 56.0 Å². The summed E-state index contributed by atoms with van der Waals surface area (Å²) in [5.41, 5.74) is 0. The molecule has 128 valence electrons. The Morgan fingerprint density at radius 3 is 2.75 bits per heavy atom. The monoisotopic (exact) mass is 327 g/mol. The van der Waals surface area contributed by atoms with E-state index in [-0.39, 0.29) is 0 Å². The highest BCUT2D eigenvalue weighted by Crippen LogP contribution is 2.28. The Balaban J connectivity index is 1.48. The molecule has 2 aromatic heterocycles. The van der Waals surface area contributed by atoms with Crippen LogP contribution in [0.25, 0.3) is 0 Å². The van der Waals surface area contributed by atoms with Crippen LogP contribution in [0, 0.1) is 0 Å². The van der Waals surface area contributed by atoms with Crippen molar-refractivity contribution < 1.29 is 0 Å². The molecule has 4 heterocycles. The molecule has 1 atom stereocenters. The molecule has 0 N–H and O–H groups in total. The Labute approximate surface area is 142 Å². The third-order valence-electron chi connectivity index (χ3n) is 5.23. The number of anilines is 1. The highest BCUT2D eigenvalue weighted by molar-refractivity contribution is 5.37. The zero-order chi connectivity index (χ0) is 16.4. The van der Waals surface area contributed by atoms with Crippen LogP contribution in [0.3, 0.4) is 0 Å². The third-order valence-corrected chi connectivity index (χ3v) is 5.23. The number of aromatic nitrogens is 5. The van der Waals surface area contributed by atoms with Gasteiger partial charge < -0.3 is 9.47 Å². The predicted octanol–water partition coefficient (Wildman–Crippen LogP) is 1.58. The van der Waals surface area contributed by atoms with Gasteiger partial charge in [0.05, 0.1) is 6.54 Å². The molecule has 24 heavy (non-hydrogen) atoms. The molecule has 4 rings (SSSR count). The summed E-state index contributed by atoms with van der Waals surface area (Å²) in [6, 6.07) is 3.98. The highest BCUT2D eigenvalue weighted by atomic mass is 15.3. The number of likely N-dealkylation sites (tertiary alicyclic amines) is 1. The van der Waals surface area contributed by atoms with E-state index in [1.807, 2.05) is 12.1 Å². The summed E-state index contributed by atoms with van der Waals surface area (Å²) in [4.78, 5) is 4.79. The maximum absolute atomic E-state index is 4.53. The molecule has 1 unspecified atom stereocenters. The van der Waals surface area contributed by atoms with Crippen molar-refractivity contribution in [3.63, 3.8) is 0 Å². The number of nitrogens with zero attached hydrogens (tertiary/aromatic N) is 7. The molecule has 0 aliphatic carbocycles. The Kier molecular flexibility index (Phi) is 4.42. The lowest BCUT2D eigenvalue weighted by atomic mass is 9.97. The van der Waals surface area contributed by atoms with E-state index in [1.165, 1.54) is 25.9 Å². The SMILES string of the molecule is Cn1c(CN2CCCC2)nnc1C1CCCN(c2cccnn2)C1. The quantitative estimate of drug-likeness (QED) is 0.850. The van der Waals surface area contributed by atoms with Gasteiger partial charge in [0.1, 0.15) is 11.6 Å². The Morgan fingerprint density at radius 2 is 1.96 bits per heavy atom. The van der Waals surface area contributed by atoms with Gasteiger partial charge in [-0.3, -0.25) is 4.90 Å². The molecule has 7 heteroatoms. The standard InChI is InChI=1S/C17H25N7/c1-22-16(13-23-9-2-3-10-23)20-21-17(22)14-6-5-11-24(12-14)15-7-4-8-18-19-15/h4,7-8,14H,2-3,5-6,9-13H2,1H3. The van der Waals surface area contributed by atoms with Gasteiger partial charge in [-0.25, -0.2) is 0 Å². The maximum Gasteiger partial charge on any atom is 0.151 e. The first-order chi connectivity index (χ1) is 11.8. The van der Waals surface area contributed by atoms with Crippen LogP contribution < -0.4 is 4.90 Å². The summed E-state index contributed by atoms with van der Waals surface area (Å²) >= 11 is 0. The van der Waals surface area contributed by atoms with Crippen molar-refractivity contribution in [2.45, 2.75) is 38.1 Å². The molecule has 0 spiro atoms. The van der Waals surface area contributed by atoms with Crippen molar-refractivity contribution in [1.29, 1.82) is 0 Å². The van der Waals surface area contributed by atoms with Crippen molar-refractivity contribution >= 4 is 5.82 Å². The van der Waals surface area contributed by atoms with Crippen LogP contribution in [0.5, 0.6) is 0 Å². The van der Waals surface area contributed by atoms with Crippen molar-refractivity contribution in [3.05, 3.63) is 30.0 Å². The van der Waals surface area contributed by atoms with E-state index in [2.05, 4.69) is 41.8 Å². The lowest BCUT2D eigenvalue weighted by Crippen LogP contribution is -2.36. The van der Waals surface area contributed by atoms with Gasteiger partial charge in [0.25, 0.3) is 0 Å². The number of rotatable bonds is 4. The van der Waals surface area contributed by atoms with E-state index in [0.717, 1.165) is 49.9 Å². The van der Waals surface area contributed by atoms with Crippen molar-refractivity contribution in [2.24, 2.45) is 7.05 Å². The third kappa shape index (κ3) is 3.13. The minimum atomic E-state index is 0.408. The normalized spacial score (nSPS) is 22.2. The highest BCUT2D eigenvalue weighted by Gasteiger charge is 2.27. The summed E-state index contributed by atoms with van der Waals surface area (Å²) in [5.74, 6) is 3.56. The fourth-order valence-electron chi connectivity index (χ4n) is 3.87. The minimum absolute atomic E-state index is 0.408. The first-order valence-electron chi connectivity index (χ1n) is 8.94. The smallest absolute Gasteiger partial charge is 0.151 e. The Morgan fingerprint density at radius 1 is 1.08 bits per heavy atom. The van der Waals surface area contributed by atoms with E-state index in [1.54, 1.807) is 6.20 Å². The number of hydrogen-bond donors (Lipinski definition) is 0. The van der Waals surface area contributed by atoms with Crippen LogP contribution in [-0.2, 0) is 13.6 Å². The zero-order valence-electron chi connectivity index (χ0n) is 14.3. The summed E-state index contributed by atoms with van der Waals surface area (Å²) in [7, 11) is 2.11. The van der Waals surface area contributed by atoms with Crippen LogP contribution in [0.4, 0.5) is 5.82 Å². The number of piperidine rings is 1. The number of hydrogen-bond acceptors (Lipinski definition) is 6. The van der Waals surface area contributed by atoms with E-state index in [9.17, 15) is 0 Å². The molecular weight excluding hydrogens is 302 g/mol. The van der Waals surface area contributed by atoms with Gasteiger partial charge in [0.2, 0.25) is 0 Å². The van der Waals surface area contributed by atoms with E-state index in [0.29, 0.717) is 5.92 Å². The zero-order valence-corrected chi connectivity index (χ0v) is 14.3. The van der Waals surface area contributed by atoms with Gasteiger partial charge in [0, 0.05) is 32.3 Å². The van der Waals surface area contributed by atoms with Crippen molar-refractivity contribution in [3.8, 4) is 0 Å². The molecule has 2 aromatic rings. The van der Waals surface area contributed by atoms with Crippen molar-refractivity contribution in [2.75, 3.05) is 31.1 Å². The van der Waals surface area contributed by atoms with Crippen molar-refractivity contribution in [1.82, 2.24) is 29.9 Å². The average molecular weight is 327 g/mol. The molecule has 0 amide bonds. The molecule has 2 saturated heterocycles. The van der Waals surface area contributed by atoms with Gasteiger partial charge >= 0.3 is 0 Å². The second-order valence-corrected chi connectivity index (χ2v) is 6.88. The lowest BCUT2D eigenvalue weighted by molar-refractivity contribution is 0.317. The summed E-state index contributed by atoms with van der Waals surface area (Å²) < 4.78 is 2.21. The van der Waals surface area contributed by atoms with E-state index in [4.69, 9.17) is 0 Å². The molecule has 2 fully saturated rings. The first kappa shape index (κ1) is 15.5. The van der Waals surface area contributed by atoms with E-state index >= 15 is 0 Å². The van der Waals surface area contributed by atoms with Crippen LogP contribution in [0.15, 0.2) is 18.3 Å². The molecule has 2 aliphatic rings. The van der Waals surface area contributed by atoms with Gasteiger partial charge in [-0.1, -0.05) is 0 Å². The van der Waals surface area contributed by atoms with Gasteiger partial charge in [0.15, 0.2) is 5.82 Å². The maximum atomic E-state index is 4.53. The topological polar surface area (TPSA) is 63.0 Å².